The molecule has 2 heterocycles. The van der Waals surface area contributed by atoms with E-state index in [2.05, 4.69) is 20.6 Å². The van der Waals surface area contributed by atoms with Crippen LogP contribution < -0.4 is 10.1 Å². The molecule has 0 saturated heterocycles. The van der Waals surface area contributed by atoms with E-state index in [1.165, 1.54) is 0 Å². The van der Waals surface area contributed by atoms with Crippen LogP contribution in [-0.2, 0) is 13.1 Å². The van der Waals surface area contributed by atoms with E-state index in [-0.39, 0.29) is 5.91 Å². The summed E-state index contributed by atoms with van der Waals surface area (Å²) in [5.41, 5.74) is 3.63. The Kier molecular flexibility index (Phi) is 6.18. The van der Waals surface area contributed by atoms with Gasteiger partial charge in [0.15, 0.2) is 10.6 Å². The van der Waals surface area contributed by atoms with Gasteiger partial charge in [0.1, 0.15) is 11.4 Å². The molecule has 0 radical (unpaired) electrons. The fraction of sp³-hybridized carbons (Fsp3) is 0.217. The molecule has 32 heavy (non-hydrogen) atoms. The molecular weight excluding hydrogens is 424 g/mol. The van der Waals surface area contributed by atoms with Crippen molar-refractivity contribution in [2.75, 3.05) is 12.4 Å². The minimum Gasteiger partial charge on any atom is -0.497 e. The number of amides is 1. The van der Waals surface area contributed by atoms with E-state index in [0.29, 0.717) is 46.3 Å². The summed E-state index contributed by atoms with van der Waals surface area (Å²) in [6.45, 7) is 4.98. The molecule has 164 valence electrons. The molecule has 0 saturated carbocycles. The molecule has 4 aromatic rings. The molecule has 0 atom stereocenters. The third-order valence-corrected chi connectivity index (χ3v) is 5.48. The molecule has 0 aliphatic carbocycles. The summed E-state index contributed by atoms with van der Waals surface area (Å²) in [6, 6.07) is 16.9. The van der Waals surface area contributed by atoms with E-state index in [0.717, 1.165) is 11.3 Å². The minimum absolute atomic E-state index is 0.207. The SMILES string of the molecule is CCn1nc(C)c(NC(=O)c2ccccc2)c1-c1n[nH]c(=S)n1Cc1ccc(OC)cc1. The third kappa shape index (κ3) is 4.19. The first kappa shape index (κ1) is 21.5. The Morgan fingerprint density at radius 1 is 1.16 bits per heavy atom. The third-order valence-electron chi connectivity index (χ3n) is 5.17. The van der Waals surface area contributed by atoms with Crippen LogP contribution in [0.4, 0.5) is 5.69 Å². The highest BCUT2D eigenvalue weighted by molar-refractivity contribution is 7.71. The number of nitrogens with zero attached hydrogens (tertiary/aromatic N) is 4. The van der Waals surface area contributed by atoms with Gasteiger partial charge in [0.05, 0.1) is 25.0 Å². The van der Waals surface area contributed by atoms with Gasteiger partial charge in [0.2, 0.25) is 0 Å². The average Bonchev–Trinajstić information content (AvgIpc) is 3.33. The lowest BCUT2D eigenvalue weighted by atomic mass is 10.2. The van der Waals surface area contributed by atoms with Gasteiger partial charge in [-0.15, -0.1) is 0 Å². The first-order chi connectivity index (χ1) is 15.5. The monoisotopic (exact) mass is 448 g/mol. The number of carbonyl (C=O) groups excluding carboxylic acids is 1. The number of anilines is 1. The van der Waals surface area contributed by atoms with Gasteiger partial charge in [0, 0.05) is 12.1 Å². The zero-order chi connectivity index (χ0) is 22.7. The lowest BCUT2D eigenvalue weighted by Gasteiger charge is -2.12. The van der Waals surface area contributed by atoms with Gasteiger partial charge in [-0.25, -0.2) is 0 Å². The van der Waals surface area contributed by atoms with E-state index < -0.39 is 0 Å². The Bertz CT molecular complexity index is 1290. The van der Waals surface area contributed by atoms with Gasteiger partial charge in [-0.2, -0.15) is 10.2 Å². The molecule has 8 nitrogen and oxygen atoms in total. The first-order valence-corrected chi connectivity index (χ1v) is 10.6. The van der Waals surface area contributed by atoms with Crippen LogP contribution in [0, 0.1) is 11.7 Å². The standard InChI is InChI=1S/C23H24N6O2S/c1-4-29-20(19(15(2)27-29)24-22(30)17-8-6-5-7-9-17)21-25-26-23(32)28(21)14-16-10-12-18(31-3)13-11-16/h5-13H,4,14H2,1-3H3,(H,24,30)(H,26,32). The first-order valence-electron chi connectivity index (χ1n) is 10.2. The van der Waals surface area contributed by atoms with Crippen LogP contribution in [0.15, 0.2) is 54.6 Å². The molecule has 0 bridgehead atoms. The Balaban J connectivity index is 1.75. The van der Waals surface area contributed by atoms with Gasteiger partial charge >= 0.3 is 0 Å². The van der Waals surface area contributed by atoms with Crippen molar-refractivity contribution < 1.29 is 9.53 Å². The lowest BCUT2D eigenvalue weighted by Crippen LogP contribution is -2.14. The van der Waals surface area contributed by atoms with E-state index in [1.807, 2.05) is 65.6 Å². The maximum Gasteiger partial charge on any atom is 0.255 e. The van der Waals surface area contributed by atoms with E-state index in [1.54, 1.807) is 19.2 Å². The Hall–Kier alpha value is -3.72. The van der Waals surface area contributed by atoms with Crippen LogP contribution in [0.3, 0.4) is 0 Å². The van der Waals surface area contributed by atoms with E-state index in [9.17, 15) is 4.79 Å². The summed E-state index contributed by atoms with van der Waals surface area (Å²) in [7, 11) is 1.64. The molecule has 2 N–H and O–H groups in total. The van der Waals surface area contributed by atoms with E-state index >= 15 is 0 Å². The Morgan fingerprint density at radius 3 is 2.53 bits per heavy atom. The molecule has 4 rings (SSSR count). The van der Waals surface area contributed by atoms with Gasteiger partial charge in [-0.1, -0.05) is 30.3 Å². The maximum atomic E-state index is 12.9. The highest BCUT2D eigenvalue weighted by Gasteiger charge is 2.23. The molecule has 2 aromatic heterocycles. The van der Waals surface area contributed by atoms with Crippen LogP contribution in [0.1, 0.15) is 28.5 Å². The van der Waals surface area contributed by atoms with Crippen molar-refractivity contribution in [2.45, 2.75) is 26.9 Å². The van der Waals surface area contributed by atoms with Crippen LogP contribution in [0.5, 0.6) is 5.75 Å². The Labute approximate surface area is 190 Å². The number of aryl methyl sites for hydroxylation is 2. The molecule has 1 amide bonds. The summed E-state index contributed by atoms with van der Waals surface area (Å²) in [5.74, 6) is 1.19. The molecule has 0 spiro atoms. The smallest absolute Gasteiger partial charge is 0.255 e. The van der Waals surface area contributed by atoms with Crippen LogP contribution in [0.2, 0.25) is 0 Å². The number of aromatic amines is 1. The zero-order valence-corrected chi connectivity index (χ0v) is 18.9. The molecular formula is C23H24N6O2S. The number of hydrogen-bond donors (Lipinski definition) is 2. The molecule has 0 aliphatic rings. The van der Waals surface area contributed by atoms with Crippen LogP contribution >= 0.6 is 12.2 Å². The molecule has 0 fully saturated rings. The fourth-order valence-corrected chi connectivity index (χ4v) is 3.72. The van der Waals surface area contributed by atoms with E-state index in [4.69, 9.17) is 17.0 Å². The summed E-state index contributed by atoms with van der Waals surface area (Å²) < 4.78 is 9.46. The second-order valence-electron chi connectivity index (χ2n) is 7.23. The van der Waals surface area contributed by atoms with Gasteiger partial charge in [-0.05, 0) is 55.9 Å². The van der Waals surface area contributed by atoms with Crippen molar-refractivity contribution in [1.29, 1.82) is 0 Å². The second kappa shape index (κ2) is 9.19. The lowest BCUT2D eigenvalue weighted by molar-refractivity contribution is 0.102. The molecule has 0 unspecified atom stereocenters. The van der Waals surface area contributed by atoms with Crippen molar-refractivity contribution in [3.05, 3.63) is 76.2 Å². The van der Waals surface area contributed by atoms with Crippen molar-refractivity contribution in [3.63, 3.8) is 0 Å². The summed E-state index contributed by atoms with van der Waals surface area (Å²) in [6.07, 6.45) is 0. The number of ether oxygens (including phenoxy) is 1. The van der Waals surface area contributed by atoms with Crippen LogP contribution in [0.25, 0.3) is 11.5 Å². The number of carbonyl (C=O) groups is 1. The number of nitrogens with one attached hydrogen (secondary N) is 2. The summed E-state index contributed by atoms with van der Waals surface area (Å²) >= 11 is 5.52. The predicted molar refractivity (Wildman–Crippen MR) is 126 cm³/mol. The van der Waals surface area contributed by atoms with Gasteiger partial charge in [-0.3, -0.25) is 19.1 Å². The van der Waals surface area contributed by atoms with Crippen LogP contribution in [-0.4, -0.2) is 37.6 Å². The zero-order valence-electron chi connectivity index (χ0n) is 18.1. The largest absolute Gasteiger partial charge is 0.497 e. The Morgan fingerprint density at radius 2 is 1.88 bits per heavy atom. The topological polar surface area (TPSA) is 89.8 Å². The minimum atomic E-state index is -0.207. The van der Waals surface area contributed by atoms with Gasteiger partial charge < -0.3 is 10.1 Å². The number of aromatic nitrogens is 5. The fourth-order valence-electron chi connectivity index (χ4n) is 3.52. The van der Waals surface area contributed by atoms with Gasteiger partial charge in [0.25, 0.3) is 5.91 Å². The normalized spacial score (nSPS) is 10.8. The molecule has 9 heteroatoms. The molecule has 2 aromatic carbocycles. The highest BCUT2D eigenvalue weighted by Crippen LogP contribution is 2.31. The number of benzene rings is 2. The number of H-pyrrole nitrogens is 1. The average molecular weight is 449 g/mol. The van der Waals surface area contributed by atoms with Crippen molar-refractivity contribution in [2.24, 2.45) is 0 Å². The van der Waals surface area contributed by atoms with Crippen molar-refractivity contribution >= 4 is 23.8 Å². The molecule has 0 aliphatic heterocycles. The second-order valence-corrected chi connectivity index (χ2v) is 7.62. The number of rotatable bonds is 7. The maximum absolute atomic E-state index is 12.9. The van der Waals surface area contributed by atoms with Crippen molar-refractivity contribution in [1.82, 2.24) is 24.5 Å². The summed E-state index contributed by atoms with van der Waals surface area (Å²) in [5, 5.41) is 15.0. The quantitative estimate of drug-likeness (QED) is 0.408. The summed E-state index contributed by atoms with van der Waals surface area (Å²) in [4.78, 5) is 12.9. The predicted octanol–water partition coefficient (Wildman–Crippen LogP) is 4.44. The highest BCUT2D eigenvalue weighted by atomic mass is 32.1. The van der Waals surface area contributed by atoms with Crippen molar-refractivity contribution in [3.8, 4) is 17.3 Å². The number of hydrogen-bond acceptors (Lipinski definition) is 5. The number of methoxy groups -OCH3 is 1.